The average molecular weight is 379 g/mol. The third-order valence-electron chi connectivity index (χ3n) is 5.81. The van der Waals surface area contributed by atoms with Gasteiger partial charge >= 0.3 is 0 Å². The molecular formula is C27H26N2. The fourth-order valence-electron chi connectivity index (χ4n) is 4.41. The van der Waals surface area contributed by atoms with Gasteiger partial charge in [0.05, 0.1) is 11.4 Å². The van der Waals surface area contributed by atoms with Gasteiger partial charge in [0, 0.05) is 5.70 Å². The van der Waals surface area contributed by atoms with Crippen LogP contribution in [0.5, 0.6) is 0 Å². The van der Waals surface area contributed by atoms with E-state index in [9.17, 15) is 0 Å². The number of benzene rings is 3. The van der Waals surface area contributed by atoms with Crippen LogP contribution in [0, 0.1) is 0 Å². The van der Waals surface area contributed by atoms with Crippen molar-refractivity contribution in [1.82, 2.24) is 0 Å². The highest BCUT2D eigenvalue weighted by molar-refractivity contribution is 5.93. The summed E-state index contributed by atoms with van der Waals surface area (Å²) in [5, 5.41) is 3.71. The predicted octanol–water partition coefficient (Wildman–Crippen LogP) is 7.22. The summed E-state index contributed by atoms with van der Waals surface area (Å²) in [7, 11) is 0. The Hall–Kier alpha value is -3.26. The van der Waals surface area contributed by atoms with Crippen LogP contribution in [0.25, 0.3) is 22.3 Å². The smallest absolute Gasteiger partial charge is 0.101 e. The molecule has 1 heterocycles. The van der Waals surface area contributed by atoms with E-state index in [-0.39, 0.29) is 6.17 Å². The zero-order valence-corrected chi connectivity index (χ0v) is 16.8. The van der Waals surface area contributed by atoms with Gasteiger partial charge in [-0.25, -0.2) is 0 Å². The van der Waals surface area contributed by atoms with E-state index in [1.807, 2.05) is 0 Å². The lowest BCUT2D eigenvalue weighted by atomic mass is 9.93. The molecular weight excluding hydrogens is 352 g/mol. The summed E-state index contributed by atoms with van der Waals surface area (Å²) in [5.41, 5.74) is 8.79. The first kappa shape index (κ1) is 17.8. The lowest BCUT2D eigenvalue weighted by Crippen LogP contribution is -2.31. The highest BCUT2D eigenvalue weighted by Gasteiger charge is 2.29. The maximum atomic E-state index is 3.71. The lowest BCUT2D eigenvalue weighted by Gasteiger charge is -2.25. The Morgan fingerprint density at radius 3 is 2.17 bits per heavy atom. The summed E-state index contributed by atoms with van der Waals surface area (Å²) in [4.78, 5) is 2.44. The third kappa shape index (κ3) is 3.36. The molecule has 0 bridgehead atoms. The molecule has 1 N–H and O–H groups in total. The van der Waals surface area contributed by atoms with Crippen LogP contribution in [-0.4, -0.2) is 6.17 Å². The van der Waals surface area contributed by atoms with Crippen molar-refractivity contribution < 1.29 is 0 Å². The summed E-state index contributed by atoms with van der Waals surface area (Å²) in [6.07, 6.45) is 10.7. The van der Waals surface area contributed by atoms with E-state index in [2.05, 4.69) is 108 Å². The molecule has 5 rings (SSSR count). The molecule has 0 spiro atoms. The van der Waals surface area contributed by atoms with Crippen molar-refractivity contribution in [2.24, 2.45) is 0 Å². The Morgan fingerprint density at radius 1 is 0.828 bits per heavy atom. The number of anilines is 2. The minimum atomic E-state index is 0.230. The van der Waals surface area contributed by atoms with Gasteiger partial charge in [-0.2, -0.15) is 0 Å². The van der Waals surface area contributed by atoms with Crippen LogP contribution >= 0.6 is 0 Å². The minimum Gasteiger partial charge on any atom is -0.363 e. The van der Waals surface area contributed by atoms with Crippen LogP contribution in [-0.2, 0) is 0 Å². The van der Waals surface area contributed by atoms with Gasteiger partial charge in [0.15, 0.2) is 0 Å². The summed E-state index contributed by atoms with van der Waals surface area (Å²) < 4.78 is 0. The van der Waals surface area contributed by atoms with Gasteiger partial charge in [0.2, 0.25) is 0 Å². The Morgan fingerprint density at radius 2 is 1.48 bits per heavy atom. The molecule has 3 aromatic rings. The average Bonchev–Trinajstić information content (AvgIpc) is 2.92. The zero-order chi connectivity index (χ0) is 19.6. The molecule has 2 heteroatoms. The van der Waals surface area contributed by atoms with Crippen molar-refractivity contribution in [2.75, 3.05) is 10.2 Å². The number of fused-ring (bicyclic) bond motifs is 1. The Bertz CT molecular complexity index is 1060. The Balaban J connectivity index is 1.69. The van der Waals surface area contributed by atoms with Crippen molar-refractivity contribution in [2.45, 2.75) is 32.4 Å². The van der Waals surface area contributed by atoms with Crippen molar-refractivity contribution in [3.63, 3.8) is 0 Å². The third-order valence-corrected chi connectivity index (χ3v) is 5.81. The number of rotatable bonds is 3. The van der Waals surface area contributed by atoms with Crippen LogP contribution in [0.3, 0.4) is 0 Å². The SMILES string of the molecule is CC1Nc2cc(-c3ccccc3)c(-c3ccccc3)cc2N1C1=CCCCC=C1. The number of hydrogen-bond acceptors (Lipinski definition) is 2. The fourth-order valence-corrected chi connectivity index (χ4v) is 4.41. The number of nitrogens with zero attached hydrogens (tertiary/aromatic N) is 1. The summed E-state index contributed by atoms with van der Waals surface area (Å²) in [5.74, 6) is 0. The highest BCUT2D eigenvalue weighted by atomic mass is 15.3. The van der Waals surface area contributed by atoms with E-state index >= 15 is 0 Å². The number of nitrogens with one attached hydrogen (secondary N) is 1. The van der Waals surface area contributed by atoms with E-state index in [1.54, 1.807) is 0 Å². The van der Waals surface area contributed by atoms with Crippen molar-refractivity contribution >= 4 is 11.4 Å². The highest BCUT2D eigenvalue weighted by Crippen LogP contribution is 2.45. The van der Waals surface area contributed by atoms with Crippen LogP contribution < -0.4 is 10.2 Å². The maximum Gasteiger partial charge on any atom is 0.101 e. The number of allylic oxidation sites excluding steroid dienone is 3. The van der Waals surface area contributed by atoms with Gasteiger partial charge in [-0.1, -0.05) is 72.8 Å². The maximum absolute atomic E-state index is 3.71. The van der Waals surface area contributed by atoms with Gasteiger partial charge < -0.3 is 10.2 Å². The van der Waals surface area contributed by atoms with E-state index in [0.717, 1.165) is 12.8 Å². The largest absolute Gasteiger partial charge is 0.363 e. The number of hydrogen-bond donors (Lipinski definition) is 1. The Labute approximate surface area is 173 Å². The molecule has 1 unspecified atom stereocenters. The van der Waals surface area contributed by atoms with Crippen LogP contribution in [0.15, 0.2) is 96.7 Å². The first-order valence-electron chi connectivity index (χ1n) is 10.5. The molecule has 2 nitrogen and oxygen atoms in total. The van der Waals surface area contributed by atoms with Gasteiger partial charge in [-0.05, 0) is 66.6 Å². The van der Waals surface area contributed by atoms with Crippen LogP contribution in [0.2, 0.25) is 0 Å². The Kier molecular flexibility index (Phi) is 4.69. The summed E-state index contributed by atoms with van der Waals surface area (Å²) in [6, 6.07) is 26.1. The second-order valence-electron chi connectivity index (χ2n) is 7.80. The molecule has 1 atom stereocenters. The van der Waals surface area contributed by atoms with Crippen LogP contribution in [0.1, 0.15) is 26.2 Å². The molecule has 1 aliphatic carbocycles. The molecule has 29 heavy (non-hydrogen) atoms. The molecule has 0 fully saturated rings. The van der Waals surface area contributed by atoms with E-state index < -0.39 is 0 Å². The quantitative estimate of drug-likeness (QED) is 0.517. The van der Waals surface area contributed by atoms with Crippen molar-refractivity contribution in [1.29, 1.82) is 0 Å². The summed E-state index contributed by atoms with van der Waals surface area (Å²) in [6.45, 7) is 2.24. The second kappa shape index (κ2) is 7.63. The molecule has 144 valence electrons. The molecule has 0 radical (unpaired) electrons. The monoisotopic (exact) mass is 378 g/mol. The topological polar surface area (TPSA) is 15.3 Å². The summed E-state index contributed by atoms with van der Waals surface area (Å²) >= 11 is 0. The van der Waals surface area contributed by atoms with Gasteiger partial charge in [-0.3, -0.25) is 0 Å². The van der Waals surface area contributed by atoms with E-state index in [1.165, 1.54) is 45.7 Å². The van der Waals surface area contributed by atoms with E-state index in [0.29, 0.717) is 0 Å². The predicted molar refractivity (Wildman–Crippen MR) is 124 cm³/mol. The first-order chi connectivity index (χ1) is 14.3. The normalized spacial score (nSPS) is 18.0. The molecule has 0 saturated carbocycles. The van der Waals surface area contributed by atoms with Gasteiger partial charge in [0.1, 0.15) is 6.17 Å². The molecule has 1 aliphatic heterocycles. The fraction of sp³-hybridized carbons (Fsp3) is 0.185. The van der Waals surface area contributed by atoms with Gasteiger partial charge in [0.25, 0.3) is 0 Å². The van der Waals surface area contributed by atoms with Crippen molar-refractivity contribution in [3.8, 4) is 22.3 Å². The second-order valence-corrected chi connectivity index (χ2v) is 7.80. The van der Waals surface area contributed by atoms with Gasteiger partial charge in [-0.15, -0.1) is 0 Å². The van der Waals surface area contributed by atoms with Crippen molar-refractivity contribution in [3.05, 3.63) is 96.7 Å². The standard InChI is InChI=1S/C27H26N2/c1-20-28-26-18-24(21-12-6-4-7-13-21)25(22-14-8-5-9-15-22)19-27(26)29(20)23-16-10-2-3-11-17-23/h4-10,12-20,28H,2-3,11H2,1H3. The minimum absolute atomic E-state index is 0.230. The zero-order valence-electron chi connectivity index (χ0n) is 16.8. The molecule has 0 aromatic heterocycles. The van der Waals surface area contributed by atoms with Crippen LogP contribution in [0.4, 0.5) is 11.4 Å². The molecule has 3 aromatic carbocycles. The van der Waals surface area contributed by atoms with E-state index in [4.69, 9.17) is 0 Å². The first-order valence-corrected chi connectivity index (χ1v) is 10.5. The molecule has 0 amide bonds. The molecule has 2 aliphatic rings. The lowest BCUT2D eigenvalue weighted by molar-refractivity contribution is 0.809. The molecule has 0 saturated heterocycles.